The van der Waals surface area contributed by atoms with Gasteiger partial charge in [0, 0.05) is 0 Å². The molecule has 0 aliphatic heterocycles. The van der Waals surface area contributed by atoms with Gasteiger partial charge in [0.25, 0.3) is 0 Å². The van der Waals surface area contributed by atoms with Gasteiger partial charge in [0.2, 0.25) is 0 Å². The summed E-state index contributed by atoms with van der Waals surface area (Å²) in [6, 6.07) is 0. The third-order valence-corrected chi connectivity index (χ3v) is 2.58. The van der Waals surface area contributed by atoms with Crippen LogP contribution in [0.15, 0.2) is 12.7 Å². The molecule has 0 fully saturated rings. The molecule has 0 amide bonds. The van der Waals surface area contributed by atoms with Crippen molar-refractivity contribution in [1.82, 2.24) is 19.9 Å². The molecule has 2 rings (SSSR count). The lowest BCUT2D eigenvalue weighted by Gasteiger charge is -2.16. The Morgan fingerprint density at radius 3 is 2.88 bits per heavy atom. The molecule has 0 bridgehead atoms. The zero-order valence-electron chi connectivity index (χ0n) is 8.41. The zero-order valence-corrected chi connectivity index (χ0v) is 9.30. The third kappa shape index (κ3) is 2.01. The van der Waals surface area contributed by atoms with Crippen LogP contribution in [0.2, 0.25) is 0 Å². The average molecular weight is 240 g/mol. The first-order chi connectivity index (χ1) is 7.74. The monoisotopic (exact) mass is 240 g/mol. The van der Waals surface area contributed by atoms with Gasteiger partial charge in [0.1, 0.15) is 23.6 Å². The molecule has 2 aromatic rings. The quantitative estimate of drug-likeness (QED) is 0.567. The van der Waals surface area contributed by atoms with Crippen molar-refractivity contribution in [3.05, 3.63) is 18.3 Å². The second kappa shape index (κ2) is 4.77. The molecule has 7 heteroatoms. The predicted molar refractivity (Wildman–Crippen MR) is 61.1 cm³/mol. The van der Waals surface area contributed by atoms with Gasteiger partial charge in [-0.3, -0.25) is 0 Å². The Morgan fingerprint density at radius 2 is 2.12 bits per heavy atom. The summed E-state index contributed by atoms with van der Waals surface area (Å²) in [5, 5.41) is 19.6. The molecule has 2 atom stereocenters. The first-order valence-electron chi connectivity index (χ1n) is 4.85. The van der Waals surface area contributed by atoms with Gasteiger partial charge in [-0.2, -0.15) is 12.6 Å². The summed E-state index contributed by atoms with van der Waals surface area (Å²) in [6.07, 6.45) is 1.23. The van der Waals surface area contributed by atoms with E-state index in [9.17, 15) is 10.2 Å². The minimum Gasteiger partial charge on any atom is -0.390 e. The molecule has 2 aromatic heterocycles. The molecule has 6 nitrogen and oxygen atoms in total. The molecule has 0 radical (unpaired) electrons. The van der Waals surface area contributed by atoms with Crippen LogP contribution < -0.4 is 0 Å². The van der Waals surface area contributed by atoms with Gasteiger partial charge in [0.15, 0.2) is 5.65 Å². The van der Waals surface area contributed by atoms with Crippen LogP contribution in [0.3, 0.4) is 0 Å². The number of rotatable bonds is 4. The second-order valence-electron chi connectivity index (χ2n) is 3.38. The van der Waals surface area contributed by atoms with Crippen molar-refractivity contribution in [2.45, 2.75) is 18.6 Å². The normalized spacial score (nSPS) is 15.2. The third-order valence-electron chi connectivity index (χ3n) is 2.32. The Labute approximate surface area is 97.2 Å². The molecule has 2 unspecified atom stereocenters. The van der Waals surface area contributed by atoms with Crippen LogP contribution in [0.1, 0.15) is 18.2 Å². The molecular weight excluding hydrogens is 228 g/mol. The van der Waals surface area contributed by atoms with Crippen molar-refractivity contribution < 1.29 is 10.2 Å². The van der Waals surface area contributed by atoms with Crippen LogP contribution in [0.4, 0.5) is 0 Å². The van der Waals surface area contributed by atoms with Crippen molar-refractivity contribution in [3.8, 4) is 0 Å². The Kier molecular flexibility index (Phi) is 3.37. The fraction of sp³-hybridized carbons (Fsp3) is 0.444. The summed E-state index contributed by atoms with van der Waals surface area (Å²) in [5.41, 5.74) is 1.38. The Bertz CT molecular complexity index is 475. The number of fused-ring (bicyclic) bond motifs is 1. The summed E-state index contributed by atoms with van der Waals surface area (Å²) in [5.74, 6) is 0.495. The Morgan fingerprint density at radius 1 is 1.31 bits per heavy atom. The SMILES string of the molecule is OC(CCS)C(O)c1ncnc2nc[nH]c12. The van der Waals surface area contributed by atoms with Gasteiger partial charge >= 0.3 is 0 Å². The highest BCUT2D eigenvalue weighted by Crippen LogP contribution is 2.22. The highest BCUT2D eigenvalue weighted by molar-refractivity contribution is 7.80. The van der Waals surface area contributed by atoms with Crippen molar-refractivity contribution in [1.29, 1.82) is 0 Å². The summed E-state index contributed by atoms with van der Waals surface area (Å²) < 4.78 is 0. The molecule has 0 saturated heterocycles. The highest BCUT2D eigenvalue weighted by atomic mass is 32.1. The van der Waals surface area contributed by atoms with Gasteiger partial charge in [-0.1, -0.05) is 0 Å². The Balaban J connectivity index is 2.35. The molecule has 0 aliphatic carbocycles. The number of nitrogens with one attached hydrogen (secondary N) is 1. The van der Waals surface area contributed by atoms with Gasteiger partial charge < -0.3 is 15.2 Å². The van der Waals surface area contributed by atoms with Gasteiger partial charge in [-0.25, -0.2) is 15.0 Å². The van der Waals surface area contributed by atoms with Crippen molar-refractivity contribution in [2.75, 3.05) is 5.75 Å². The minimum atomic E-state index is -1.06. The van der Waals surface area contributed by atoms with E-state index in [2.05, 4.69) is 32.6 Å². The number of hydrogen-bond donors (Lipinski definition) is 4. The fourth-order valence-corrected chi connectivity index (χ4v) is 1.74. The fourth-order valence-electron chi connectivity index (χ4n) is 1.48. The number of thiol groups is 1. The van der Waals surface area contributed by atoms with E-state index in [0.29, 0.717) is 29.0 Å². The van der Waals surface area contributed by atoms with E-state index in [-0.39, 0.29) is 0 Å². The second-order valence-corrected chi connectivity index (χ2v) is 3.83. The first kappa shape index (κ1) is 11.3. The summed E-state index contributed by atoms with van der Waals surface area (Å²) in [7, 11) is 0. The van der Waals surface area contributed by atoms with Crippen molar-refractivity contribution in [3.63, 3.8) is 0 Å². The van der Waals surface area contributed by atoms with Crippen LogP contribution in [-0.4, -0.2) is 42.0 Å². The van der Waals surface area contributed by atoms with E-state index in [1.54, 1.807) is 0 Å². The molecule has 0 aliphatic rings. The predicted octanol–water partition coefficient (Wildman–Crippen LogP) is 0.0671. The summed E-state index contributed by atoms with van der Waals surface area (Å²) in [6.45, 7) is 0. The van der Waals surface area contributed by atoms with E-state index in [1.807, 2.05) is 0 Å². The maximum Gasteiger partial charge on any atom is 0.180 e. The van der Waals surface area contributed by atoms with E-state index in [1.165, 1.54) is 12.7 Å². The lowest BCUT2D eigenvalue weighted by Crippen LogP contribution is -2.20. The van der Waals surface area contributed by atoms with Crippen LogP contribution >= 0.6 is 12.6 Å². The van der Waals surface area contributed by atoms with Gasteiger partial charge in [0.05, 0.1) is 12.4 Å². The van der Waals surface area contributed by atoms with E-state index in [0.717, 1.165) is 0 Å². The van der Waals surface area contributed by atoms with E-state index < -0.39 is 12.2 Å². The van der Waals surface area contributed by atoms with Crippen LogP contribution in [0, 0.1) is 0 Å². The number of imidazole rings is 1. The molecule has 16 heavy (non-hydrogen) atoms. The summed E-state index contributed by atoms with van der Waals surface area (Å²) >= 11 is 4.00. The molecule has 86 valence electrons. The smallest absolute Gasteiger partial charge is 0.180 e. The topological polar surface area (TPSA) is 94.9 Å². The summed E-state index contributed by atoms with van der Waals surface area (Å²) in [4.78, 5) is 14.7. The minimum absolute atomic E-state index is 0.358. The van der Waals surface area contributed by atoms with Crippen LogP contribution in [-0.2, 0) is 0 Å². The number of H-pyrrole nitrogens is 1. The zero-order chi connectivity index (χ0) is 11.5. The maximum absolute atomic E-state index is 9.91. The molecule has 3 N–H and O–H groups in total. The number of aromatic nitrogens is 4. The van der Waals surface area contributed by atoms with E-state index >= 15 is 0 Å². The molecular formula is C9H12N4O2S. The molecule has 0 spiro atoms. The molecule has 0 aromatic carbocycles. The highest BCUT2D eigenvalue weighted by Gasteiger charge is 2.22. The Hall–Kier alpha value is -1.18. The molecule has 0 saturated carbocycles. The lowest BCUT2D eigenvalue weighted by molar-refractivity contribution is 0.0155. The lowest BCUT2D eigenvalue weighted by atomic mass is 10.1. The number of aromatic amines is 1. The van der Waals surface area contributed by atoms with Gasteiger partial charge in [-0.05, 0) is 12.2 Å². The number of nitrogens with zero attached hydrogens (tertiary/aromatic N) is 3. The number of aliphatic hydroxyl groups is 2. The van der Waals surface area contributed by atoms with Crippen molar-refractivity contribution in [2.24, 2.45) is 0 Å². The van der Waals surface area contributed by atoms with E-state index in [4.69, 9.17) is 0 Å². The standard InChI is InChI=1S/C9H12N4O2S/c14-5(1-2-16)8(15)6-7-9(12-3-10-6)13-4-11-7/h3-5,8,14-16H,1-2H2,(H,10,11,12,13). The maximum atomic E-state index is 9.91. The molecule has 2 heterocycles. The number of hydrogen-bond acceptors (Lipinski definition) is 6. The average Bonchev–Trinajstić information content (AvgIpc) is 2.76. The van der Waals surface area contributed by atoms with Gasteiger partial charge in [-0.15, -0.1) is 0 Å². The van der Waals surface area contributed by atoms with Crippen LogP contribution in [0.5, 0.6) is 0 Å². The van der Waals surface area contributed by atoms with Crippen LogP contribution in [0.25, 0.3) is 11.2 Å². The largest absolute Gasteiger partial charge is 0.390 e. The first-order valence-corrected chi connectivity index (χ1v) is 5.48. The van der Waals surface area contributed by atoms with Crippen molar-refractivity contribution >= 4 is 23.8 Å². The number of aliphatic hydroxyl groups excluding tert-OH is 2.